The molecule has 0 radical (unpaired) electrons. The number of hydrogen-bond acceptors (Lipinski definition) is 3. The summed E-state index contributed by atoms with van der Waals surface area (Å²) in [6.45, 7) is 0. The van der Waals surface area contributed by atoms with Crippen molar-refractivity contribution < 1.29 is 0 Å². The van der Waals surface area contributed by atoms with Crippen LogP contribution in [0, 0.1) is 0 Å². The number of aromatic nitrogens is 2. The molecule has 4 heteroatoms. The number of hydrogen-bond donors (Lipinski definition) is 0. The summed E-state index contributed by atoms with van der Waals surface area (Å²) >= 11 is 3.71. The van der Waals surface area contributed by atoms with Gasteiger partial charge in [-0.05, 0) is 88.5 Å². The van der Waals surface area contributed by atoms with Crippen molar-refractivity contribution in [2.24, 2.45) is 0 Å². The summed E-state index contributed by atoms with van der Waals surface area (Å²) in [6, 6.07) is 63.8. The first-order chi connectivity index (χ1) is 25.3. The van der Waals surface area contributed by atoms with Crippen LogP contribution in [0.15, 0.2) is 202 Å². The highest BCUT2D eigenvalue weighted by molar-refractivity contribution is 8.00. The van der Waals surface area contributed by atoms with Gasteiger partial charge in [-0.25, -0.2) is 0 Å². The van der Waals surface area contributed by atoms with Crippen molar-refractivity contribution in [3.05, 3.63) is 182 Å². The van der Waals surface area contributed by atoms with Crippen LogP contribution in [0.5, 0.6) is 0 Å². The quantitative estimate of drug-likeness (QED) is 0.184. The first-order valence-electron chi connectivity index (χ1n) is 17.1. The van der Waals surface area contributed by atoms with E-state index in [4.69, 9.17) is 4.98 Å². The van der Waals surface area contributed by atoms with Crippen molar-refractivity contribution >= 4 is 45.3 Å². The fraction of sp³-hybridized carbons (Fsp3) is 0. The Morgan fingerprint density at radius 3 is 1.90 bits per heavy atom. The normalized spacial score (nSPS) is 12.2. The summed E-state index contributed by atoms with van der Waals surface area (Å²) in [7, 11) is 0. The maximum Gasteiger partial charge on any atom is 0.0702 e. The standard InChI is InChI=1S/C47H30N2S2/c1-2-14-32(15-3-1)49-40-22-7-4-17-37(40)46-35(19-12-23-41(46)49)36-20-13-26-44-47(36)38-18-6-9-25-43(38)50-42-24-8-5-16-33(42)34-28-27-31(30-45(34)51-44)39-21-10-11-29-48-39/h1-30H. The SMILES string of the molecule is c1ccc(-n2c3ccccc3c3c(-c4cccc5c4-c4ccccc4Sc4ccccc4-c4ccc(-c6ccccn6)cc4S5)cccc32)cc1. The molecule has 0 fully saturated rings. The molecule has 240 valence electrons. The zero-order valence-electron chi connectivity index (χ0n) is 27.5. The van der Waals surface area contributed by atoms with Gasteiger partial charge in [0.1, 0.15) is 0 Å². The molecule has 9 aromatic rings. The molecule has 0 aliphatic carbocycles. The molecule has 0 unspecified atom stereocenters. The van der Waals surface area contributed by atoms with Crippen LogP contribution in [0.4, 0.5) is 0 Å². The second-order valence-corrected chi connectivity index (χ2v) is 14.9. The maximum absolute atomic E-state index is 4.71. The molecular formula is C47H30N2S2. The molecule has 7 aromatic carbocycles. The van der Waals surface area contributed by atoms with Crippen LogP contribution in [-0.4, -0.2) is 9.55 Å². The lowest BCUT2D eigenvalue weighted by Crippen LogP contribution is -1.96. The molecular weight excluding hydrogens is 657 g/mol. The van der Waals surface area contributed by atoms with Gasteiger partial charge in [0, 0.05) is 53.4 Å². The van der Waals surface area contributed by atoms with Crippen molar-refractivity contribution in [2.45, 2.75) is 19.6 Å². The molecule has 2 nitrogen and oxygen atoms in total. The Morgan fingerprint density at radius 2 is 1.04 bits per heavy atom. The van der Waals surface area contributed by atoms with Gasteiger partial charge in [-0.1, -0.05) is 139 Å². The van der Waals surface area contributed by atoms with E-state index in [-0.39, 0.29) is 0 Å². The van der Waals surface area contributed by atoms with Crippen LogP contribution >= 0.6 is 23.5 Å². The number of nitrogens with zero attached hydrogens (tertiary/aromatic N) is 2. The number of pyridine rings is 1. The van der Waals surface area contributed by atoms with E-state index < -0.39 is 0 Å². The average Bonchev–Trinajstić information content (AvgIpc) is 3.54. The van der Waals surface area contributed by atoms with Gasteiger partial charge in [0.25, 0.3) is 0 Å². The van der Waals surface area contributed by atoms with E-state index in [2.05, 4.69) is 174 Å². The predicted octanol–water partition coefficient (Wildman–Crippen LogP) is 13.5. The lowest BCUT2D eigenvalue weighted by molar-refractivity contribution is 1.18. The first-order valence-corrected chi connectivity index (χ1v) is 18.8. The second-order valence-electron chi connectivity index (χ2n) is 12.7. The van der Waals surface area contributed by atoms with E-state index in [1.807, 2.05) is 35.8 Å². The molecule has 1 aliphatic heterocycles. The topological polar surface area (TPSA) is 17.8 Å². The summed E-state index contributed by atoms with van der Waals surface area (Å²) in [5.41, 5.74) is 13.1. The van der Waals surface area contributed by atoms with Crippen molar-refractivity contribution in [1.82, 2.24) is 9.55 Å². The van der Waals surface area contributed by atoms with Crippen LogP contribution < -0.4 is 0 Å². The Labute approximate surface area is 305 Å². The molecule has 2 aromatic heterocycles. The summed E-state index contributed by atoms with van der Waals surface area (Å²) < 4.78 is 2.40. The highest BCUT2D eigenvalue weighted by atomic mass is 32.2. The number of fused-ring (bicyclic) bond motifs is 9. The van der Waals surface area contributed by atoms with Crippen molar-refractivity contribution in [1.29, 1.82) is 0 Å². The summed E-state index contributed by atoms with van der Waals surface area (Å²) in [5.74, 6) is 0. The molecule has 0 saturated carbocycles. The molecule has 10 rings (SSSR count). The van der Waals surface area contributed by atoms with E-state index in [1.165, 1.54) is 74.8 Å². The van der Waals surface area contributed by atoms with Crippen LogP contribution in [-0.2, 0) is 0 Å². The number of para-hydroxylation sites is 2. The Morgan fingerprint density at radius 1 is 0.412 bits per heavy atom. The van der Waals surface area contributed by atoms with E-state index in [9.17, 15) is 0 Å². The molecule has 0 atom stereocenters. The number of benzene rings is 7. The Bertz CT molecular complexity index is 2750. The minimum Gasteiger partial charge on any atom is -0.309 e. The molecule has 0 spiro atoms. The summed E-state index contributed by atoms with van der Waals surface area (Å²) in [5, 5.41) is 2.51. The lowest BCUT2D eigenvalue weighted by atomic mass is 9.91. The Kier molecular flexibility index (Phi) is 7.37. The molecule has 0 saturated heterocycles. The fourth-order valence-corrected chi connectivity index (χ4v) is 9.79. The molecule has 3 heterocycles. The smallest absolute Gasteiger partial charge is 0.0702 e. The average molecular weight is 687 g/mol. The zero-order valence-corrected chi connectivity index (χ0v) is 29.2. The van der Waals surface area contributed by atoms with Crippen LogP contribution in [0.1, 0.15) is 0 Å². The van der Waals surface area contributed by atoms with E-state index >= 15 is 0 Å². The second kappa shape index (κ2) is 12.5. The largest absolute Gasteiger partial charge is 0.309 e. The highest BCUT2D eigenvalue weighted by Crippen LogP contribution is 2.52. The van der Waals surface area contributed by atoms with Crippen LogP contribution in [0.2, 0.25) is 0 Å². The third-order valence-electron chi connectivity index (χ3n) is 9.74. The van der Waals surface area contributed by atoms with Gasteiger partial charge in [0.2, 0.25) is 0 Å². The van der Waals surface area contributed by atoms with Gasteiger partial charge >= 0.3 is 0 Å². The predicted molar refractivity (Wildman–Crippen MR) is 215 cm³/mol. The maximum atomic E-state index is 4.71. The fourth-order valence-electron chi connectivity index (χ4n) is 7.52. The lowest BCUT2D eigenvalue weighted by Gasteiger charge is -2.22. The van der Waals surface area contributed by atoms with Crippen molar-refractivity contribution in [3.8, 4) is 50.3 Å². The third-order valence-corrected chi connectivity index (χ3v) is 12.0. The zero-order chi connectivity index (χ0) is 33.7. The monoisotopic (exact) mass is 686 g/mol. The summed E-state index contributed by atoms with van der Waals surface area (Å²) in [6.07, 6.45) is 1.87. The van der Waals surface area contributed by atoms with Gasteiger partial charge in [0.05, 0.1) is 16.7 Å². The Balaban J connectivity index is 1.27. The van der Waals surface area contributed by atoms with Crippen molar-refractivity contribution in [3.63, 3.8) is 0 Å². The van der Waals surface area contributed by atoms with Crippen molar-refractivity contribution in [2.75, 3.05) is 0 Å². The number of rotatable bonds is 3. The summed E-state index contributed by atoms with van der Waals surface area (Å²) in [4.78, 5) is 9.63. The third kappa shape index (κ3) is 5.10. The van der Waals surface area contributed by atoms with E-state index in [0.717, 1.165) is 16.9 Å². The van der Waals surface area contributed by atoms with E-state index in [1.54, 1.807) is 0 Å². The van der Waals surface area contributed by atoms with Crippen LogP contribution in [0.3, 0.4) is 0 Å². The first kappa shape index (κ1) is 30.1. The van der Waals surface area contributed by atoms with Gasteiger partial charge in [-0.3, -0.25) is 4.98 Å². The van der Waals surface area contributed by atoms with E-state index in [0.29, 0.717) is 0 Å². The van der Waals surface area contributed by atoms with Gasteiger partial charge in [-0.15, -0.1) is 0 Å². The molecule has 0 N–H and O–H groups in total. The molecule has 0 bridgehead atoms. The minimum absolute atomic E-state index is 0.974. The van der Waals surface area contributed by atoms with Gasteiger partial charge in [-0.2, -0.15) is 0 Å². The van der Waals surface area contributed by atoms with Gasteiger partial charge < -0.3 is 4.57 Å². The minimum atomic E-state index is 0.974. The molecule has 51 heavy (non-hydrogen) atoms. The molecule has 0 amide bonds. The molecule has 1 aliphatic rings. The highest BCUT2D eigenvalue weighted by Gasteiger charge is 2.24. The Hall–Kier alpha value is -5.81. The van der Waals surface area contributed by atoms with Crippen LogP contribution in [0.25, 0.3) is 72.1 Å². The van der Waals surface area contributed by atoms with Gasteiger partial charge in [0.15, 0.2) is 0 Å².